The number of hydrogen-bond donors (Lipinski definition) is 0. The number of imide groups is 1. The molecule has 0 saturated carbocycles. The second kappa shape index (κ2) is 11.7. The standard InChI is InChI=1S/C29H37N3O5/c1-5-6-15-31-27(33)29(32(28(31)34)16-12-22-10-8-7-9-11-22)13-17-30(18-14-29)21-24-25(36-3)19-23(35-2)20-26(24)37-4/h5-11,19-20H,12-18,21H2,1-4H3/b6-5+. The van der Waals surface area contributed by atoms with Gasteiger partial charge >= 0.3 is 6.03 Å². The van der Waals surface area contributed by atoms with Crippen LogP contribution < -0.4 is 14.2 Å². The van der Waals surface area contributed by atoms with Gasteiger partial charge in [-0.15, -0.1) is 0 Å². The monoisotopic (exact) mass is 507 g/mol. The fourth-order valence-corrected chi connectivity index (χ4v) is 5.37. The Morgan fingerprint density at radius 2 is 1.59 bits per heavy atom. The van der Waals surface area contributed by atoms with Gasteiger partial charge in [0.15, 0.2) is 0 Å². The summed E-state index contributed by atoms with van der Waals surface area (Å²) < 4.78 is 16.6. The van der Waals surface area contributed by atoms with Gasteiger partial charge in [0.05, 0.1) is 26.9 Å². The van der Waals surface area contributed by atoms with Crippen molar-refractivity contribution in [3.05, 3.63) is 65.7 Å². The summed E-state index contributed by atoms with van der Waals surface area (Å²) in [6.07, 6.45) is 5.61. The summed E-state index contributed by atoms with van der Waals surface area (Å²) in [6.45, 7) is 4.69. The van der Waals surface area contributed by atoms with Crippen LogP contribution in [0.3, 0.4) is 0 Å². The predicted molar refractivity (Wildman–Crippen MR) is 142 cm³/mol. The van der Waals surface area contributed by atoms with E-state index in [1.807, 2.05) is 54.3 Å². The van der Waals surface area contributed by atoms with Gasteiger partial charge in [-0.25, -0.2) is 4.79 Å². The molecule has 2 heterocycles. The third-order valence-electron chi connectivity index (χ3n) is 7.49. The molecule has 8 heteroatoms. The maximum absolute atomic E-state index is 13.7. The third-order valence-corrected chi connectivity index (χ3v) is 7.49. The van der Waals surface area contributed by atoms with Crippen LogP contribution in [-0.2, 0) is 17.8 Å². The predicted octanol–water partition coefficient (Wildman–Crippen LogP) is 4.13. The van der Waals surface area contributed by atoms with E-state index in [2.05, 4.69) is 17.0 Å². The van der Waals surface area contributed by atoms with E-state index >= 15 is 0 Å². The number of benzene rings is 2. The molecule has 8 nitrogen and oxygen atoms in total. The molecule has 1 spiro atoms. The molecule has 37 heavy (non-hydrogen) atoms. The lowest BCUT2D eigenvalue weighted by atomic mass is 9.85. The van der Waals surface area contributed by atoms with Crippen molar-refractivity contribution in [3.63, 3.8) is 0 Å². The highest BCUT2D eigenvalue weighted by molar-refractivity contribution is 6.07. The van der Waals surface area contributed by atoms with Gasteiger partial charge in [0.1, 0.15) is 22.8 Å². The van der Waals surface area contributed by atoms with Gasteiger partial charge in [0.25, 0.3) is 5.91 Å². The van der Waals surface area contributed by atoms with E-state index in [1.165, 1.54) is 4.90 Å². The van der Waals surface area contributed by atoms with E-state index in [-0.39, 0.29) is 11.9 Å². The number of allylic oxidation sites excluding steroid dienone is 1. The Labute approximate surface area is 219 Å². The Kier molecular flexibility index (Phi) is 8.38. The van der Waals surface area contributed by atoms with Crippen molar-refractivity contribution >= 4 is 11.9 Å². The molecule has 4 rings (SSSR count). The number of rotatable bonds is 10. The van der Waals surface area contributed by atoms with Crippen molar-refractivity contribution in [2.75, 3.05) is 47.5 Å². The molecule has 0 aliphatic carbocycles. The summed E-state index contributed by atoms with van der Waals surface area (Å²) in [6, 6.07) is 13.6. The maximum atomic E-state index is 13.7. The lowest BCUT2D eigenvalue weighted by Gasteiger charge is -2.42. The number of nitrogens with zero attached hydrogens (tertiary/aromatic N) is 3. The highest BCUT2D eigenvalue weighted by Crippen LogP contribution is 2.40. The van der Waals surface area contributed by atoms with E-state index in [9.17, 15) is 9.59 Å². The summed E-state index contributed by atoms with van der Waals surface area (Å²) in [5.74, 6) is 1.99. The molecule has 0 unspecified atom stereocenters. The summed E-state index contributed by atoms with van der Waals surface area (Å²) in [4.78, 5) is 32.7. The number of methoxy groups -OCH3 is 3. The van der Waals surface area contributed by atoms with Crippen molar-refractivity contribution in [2.24, 2.45) is 0 Å². The second-order valence-corrected chi connectivity index (χ2v) is 9.47. The normalized spacial score (nSPS) is 17.7. The minimum absolute atomic E-state index is 0.0806. The maximum Gasteiger partial charge on any atom is 0.327 e. The van der Waals surface area contributed by atoms with E-state index < -0.39 is 5.54 Å². The lowest BCUT2D eigenvalue weighted by Crippen LogP contribution is -2.56. The first kappa shape index (κ1) is 26.5. The zero-order valence-corrected chi connectivity index (χ0v) is 22.2. The summed E-state index contributed by atoms with van der Waals surface area (Å²) in [7, 11) is 4.88. The molecule has 0 radical (unpaired) electrons. The van der Waals surface area contributed by atoms with Crippen LogP contribution >= 0.6 is 0 Å². The molecule has 2 fully saturated rings. The topological polar surface area (TPSA) is 71.6 Å². The average molecular weight is 508 g/mol. The molecule has 198 valence electrons. The molecule has 2 saturated heterocycles. The Balaban J connectivity index is 1.53. The van der Waals surface area contributed by atoms with Crippen LogP contribution in [0.15, 0.2) is 54.6 Å². The highest BCUT2D eigenvalue weighted by Gasteiger charge is 2.57. The zero-order valence-electron chi connectivity index (χ0n) is 22.2. The molecule has 2 aromatic rings. The largest absolute Gasteiger partial charge is 0.496 e. The van der Waals surface area contributed by atoms with Crippen LogP contribution in [-0.4, -0.2) is 79.7 Å². The van der Waals surface area contributed by atoms with Crippen molar-refractivity contribution in [1.82, 2.24) is 14.7 Å². The first-order valence-electron chi connectivity index (χ1n) is 12.8. The number of piperidine rings is 1. The van der Waals surface area contributed by atoms with Gasteiger partial charge in [0.2, 0.25) is 0 Å². The van der Waals surface area contributed by atoms with Crippen LogP contribution in [0.2, 0.25) is 0 Å². The van der Waals surface area contributed by atoms with Gasteiger partial charge in [-0.05, 0) is 31.7 Å². The minimum Gasteiger partial charge on any atom is -0.496 e. The smallest absolute Gasteiger partial charge is 0.327 e. The fraction of sp³-hybridized carbons (Fsp3) is 0.448. The van der Waals surface area contributed by atoms with Gasteiger partial charge < -0.3 is 19.1 Å². The average Bonchev–Trinajstić information content (AvgIpc) is 3.12. The number of ether oxygens (including phenoxy) is 3. The van der Waals surface area contributed by atoms with Gasteiger partial charge in [-0.3, -0.25) is 14.6 Å². The summed E-state index contributed by atoms with van der Waals surface area (Å²) in [5.41, 5.74) is 1.28. The Bertz CT molecular complexity index is 1100. The van der Waals surface area contributed by atoms with E-state index in [4.69, 9.17) is 14.2 Å². The molecule has 0 bridgehead atoms. The lowest BCUT2D eigenvalue weighted by molar-refractivity contribution is -0.135. The fourth-order valence-electron chi connectivity index (χ4n) is 5.37. The molecule has 0 N–H and O–H groups in total. The quantitative estimate of drug-likeness (QED) is 0.356. The molecular weight excluding hydrogens is 470 g/mol. The molecule has 2 aliphatic rings. The van der Waals surface area contributed by atoms with E-state index in [0.29, 0.717) is 69.2 Å². The molecular formula is C29H37N3O5. The van der Waals surface area contributed by atoms with Crippen molar-refractivity contribution in [2.45, 2.75) is 38.3 Å². The first-order chi connectivity index (χ1) is 18.0. The number of carbonyl (C=O) groups is 2. The first-order valence-corrected chi connectivity index (χ1v) is 12.8. The summed E-state index contributed by atoms with van der Waals surface area (Å²) in [5, 5.41) is 0. The second-order valence-electron chi connectivity index (χ2n) is 9.47. The van der Waals surface area contributed by atoms with Crippen molar-refractivity contribution in [1.29, 1.82) is 0 Å². The van der Waals surface area contributed by atoms with Crippen LogP contribution in [0.5, 0.6) is 17.2 Å². The number of likely N-dealkylation sites (tertiary alicyclic amines) is 1. The number of amides is 3. The number of urea groups is 1. The summed E-state index contributed by atoms with van der Waals surface area (Å²) >= 11 is 0. The van der Waals surface area contributed by atoms with Gasteiger partial charge in [-0.1, -0.05) is 42.5 Å². The highest BCUT2D eigenvalue weighted by atomic mass is 16.5. The zero-order chi connectivity index (χ0) is 26.4. The third kappa shape index (κ3) is 5.30. The van der Waals surface area contributed by atoms with E-state index in [1.54, 1.807) is 21.3 Å². The Morgan fingerprint density at radius 1 is 0.946 bits per heavy atom. The van der Waals surface area contributed by atoms with Gasteiger partial charge in [-0.2, -0.15) is 0 Å². The van der Waals surface area contributed by atoms with Crippen LogP contribution in [0.4, 0.5) is 4.79 Å². The van der Waals surface area contributed by atoms with Crippen molar-refractivity contribution < 1.29 is 23.8 Å². The Morgan fingerprint density at radius 3 is 2.16 bits per heavy atom. The molecule has 0 aromatic heterocycles. The van der Waals surface area contributed by atoms with Crippen LogP contribution in [0, 0.1) is 0 Å². The van der Waals surface area contributed by atoms with E-state index in [0.717, 1.165) is 11.1 Å². The molecule has 0 atom stereocenters. The number of carbonyl (C=O) groups excluding carboxylic acids is 2. The number of hydrogen-bond acceptors (Lipinski definition) is 6. The SMILES string of the molecule is C/C=C/CN1C(=O)N(CCc2ccccc2)C2(CCN(Cc3c(OC)cc(OC)cc3OC)CC2)C1=O. The Hall–Kier alpha value is -3.52. The van der Waals surface area contributed by atoms with Crippen molar-refractivity contribution in [3.8, 4) is 17.2 Å². The molecule has 3 amide bonds. The molecule has 2 aliphatic heterocycles. The van der Waals surface area contributed by atoms with Crippen LogP contribution in [0.25, 0.3) is 0 Å². The van der Waals surface area contributed by atoms with Gasteiger partial charge in [0, 0.05) is 44.9 Å². The van der Waals surface area contributed by atoms with Crippen LogP contribution in [0.1, 0.15) is 30.9 Å². The minimum atomic E-state index is -0.808. The molecule has 2 aromatic carbocycles.